The van der Waals surface area contributed by atoms with Gasteiger partial charge in [0.1, 0.15) is 6.61 Å². The zero-order valence-electron chi connectivity index (χ0n) is 20.1. The van der Waals surface area contributed by atoms with Crippen LogP contribution >= 0.6 is 11.8 Å². The lowest BCUT2D eigenvalue weighted by Gasteiger charge is -2.19. The molecule has 0 rings (SSSR count). The smallest absolute Gasteiger partial charge is 0.246 e. The highest BCUT2D eigenvalue weighted by Crippen LogP contribution is 2.00. The molecule has 8 N–H and O–H groups in total. The van der Waals surface area contributed by atoms with Gasteiger partial charge in [-0.05, 0) is 71.1 Å². The van der Waals surface area contributed by atoms with Crippen molar-refractivity contribution in [3.05, 3.63) is 0 Å². The second-order valence-electron chi connectivity index (χ2n) is 7.82. The van der Waals surface area contributed by atoms with E-state index in [1.54, 1.807) is 11.8 Å². The van der Waals surface area contributed by atoms with E-state index >= 15 is 0 Å². The molecular weight excluding hydrogens is 440 g/mol. The SMILES string of the molecule is C.CSCCC(=O)NCCCCCCNC(=O)COC(CCNCCCN)CNCCCN. The van der Waals surface area contributed by atoms with E-state index < -0.39 is 0 Å². The Balaban J connectivity index is 0. The third kappa shape index (κ3) is 25.5. The van der Waals surface area contributed by atoms with Gasteiger partial charge >= 0.3 is 0 Å². The van der Waals surface area contributed by atoms with Crippen LogP contribution < -0.4 is 32.7 Å². The Morgan fingerprint density at radius 3 is 2.03 bits per heavy atom. The fourth-order valence-corrected chi connectivity index (χ4v) is 3.33. The highest BCUT2D eigenvalue weighted by molar-refractivity contribution is 7.98. The predicted molar refractivity (Wildman–Crippen MR) is 142 cm³/mol. The molecule has 0 aliphatic rings. The number of carbonyl (C=O) groups is 2. The first kappa shape index (κ1) is 34.3. The zero-order chi connectivity index (χ0) is 23.7. The molecule has 0 aromatic carbocycles. The number of rotatable bonds is 24. The molecule has 1 atom stereocenters. The van der Waals surface area contributed by atoms with Gasteiger partial charge in [0.25, 0.3) is 0 Å². The van der Waals surface area contributed by atoms with Crippen molar-refractivity contribution in [2.75, 3.05) is 71.0 Å². The van der Waals surface area contributed by atoms with Crippen LogP contribution in [0, 0.1) is 0 Å². The van der Waals surface area contributed by atoms with Crippen molar-refractivity contribution in [2.45, 2.75) is 64.9 Å². The minimum atomic E-state index is -0.0749. The van der Waals surface area contributed by atoms with E-state index in [4.69, 9.17) is 16.2 Å². The van der Waals surface area contributed by atoms with Crippen molar-refractivity contribution in [1.29, 1.82) is 0 Å². The average Bonchev–Trinajstić information content (AvgIpc) is 2.79. The van der Waals surface area contributed by atoms with Gasteiger partial charge < -0.3 is 37.5 Å². The van der Waals surface area contributed by atoms with E-state index in [0.717, 1.165) is 76.9 Å². The van der Waals surface area contributed by atoms with Crippen LogP contribution in [0.4, 0.5) is 0 Å². The third-order valence-corrected chi connectivity index (χ3v) is 5.47. The standard InChI is InChI=1S/C22H48N6O3S.CH4/c1-32-17-9-21(29)27-14-4-2-3-5-15-28-22(30)19-31-20(18-26-13-7-11-24)8-16-25-12-6-10-23;/h20,25-26H,2-19,23-24H2,1H3,(H,27,29)(H,28,30);1H4. The molecule has 0 saturated heterocycles. The number of nitrogens with one attached hydrogen (secondary N) is 4. The van der Waals surface area contributed by atoms with Gasteiger partial charge in [0.2, 0.25) is 11.8 Å². The largest absolute Gasteiger partial charge is 0.367 e. The first-order chi connectivity index (χ1) is 15.6. The molecule has 2 amide bonds. The van der Waals surface area contributed by atoms with Crippen LogP contribution in [0.1, 0.15) is 58.8 Å². The molecule has 0 saturated carbocycles. The van der Waals surface area contributed by atoms with Gasteiger partial charge in [0, 0.05) is 31.8 Å². The summed E-state index contributed by atoms with van der Waals surface area (Å²) in [4.78, 5) is 23.6. The molecular formula is C23H52N6O3S. The molecule has 33 heavy (non-hydrogen) atoms. The Kier molecular flexibility index (Phi) is 28.4. The van der Waals surface area contributed by atoms with Gasteiger partial charge in [-0.25, -0.2) is 0 Å². The van der Waals surface area contributed by atoms with Gasteiger partial charge in [-0.15, -0.1) is 0 Å². The normalized spacial score (nSPS) is 11.6. The summed E-state index contributed by atoms with van der Waals surface area (Å²) in [6, 6.07) is 0. The number of thioether (sulfide) groups is 1. The van der Waals surface area contributed by atoms with Crippen molar-refractivity contribution >= 4 is 23.6 Å². The Bertz CT molecular complexity index is 446. The minimum Gasteiger partial charge on any atom is -0.367 e. The molecule has 0 heterocycles. The topological polar surface area (TPSA) is 144 Å². The summed E-state index contributed by atoms with van der Waals surface area (Å²) in [7, 11) is 0. The van der Waals surface area contributed by atoms with Crippen molar-refractivity contribution < 1.29 is 14.3 Å². The molecule has 0 bridgehead atoms. The van der Waals surface area contributed by atoms with Crippen molar-refractivity contribution in [1.82, 2.24) is 21.3 Å². The molecule has 0 fully saturated rings. The molecule has 0 aliphatic carbocycles. The molecule has 198 valence electrons. The molecule has 0 radical (unpaired) electrons. The fourth-order valence-electron chi connectivity index (χ4n) is 2.94. The van der Waals surface area contributed by atoms with Crippen molar-refractivity contribution in [3.63, 3.8) is 0 Å². The summed E-state index contributed by atoms with van der Waals surface area (Å²) in [6.45, 7) is 6.10. The van der Waals surface area contributed by atoms with Gasteiger partial charge in [-0.3, -0.25) is 9.59 Å². The Labute approximate surface area is 206 Å². The van der Waals surface area contributed by atoms with E-state index in [-0.39, 0.29) is 32.0 Å². The van der Waals surface area contributed by atoms with Gasteiger partial charge in [0.15, 0.2) is 0 Å². The van der Waals surface area contributed by atoms with Gasteiger partial charge in [-0.1, -0.05) is 20.3 Å². The fraction of sp³-hybridized carbons (Fsp3) is 0.913. The predicted octanol–water partition coefficient (Wildman–Crippen LogP) is 0.821. The van der Waals surface area contributed by atoms with Crippen LogP contribution in [0.15, 0.2) is 0 Å². The lowest BCUT2D eigenvalue weighted by atomic mass is 10.2. The van der Waals surface area contributed by atoms with Crippen molar-refractivity contribution in [3.8, 4) is 0 Å². The zero-order valence-corrected chi connectivity index (χ0v) is 20.9. The molecule has 0 aromatic heterocycles. The average molecular weight is 493 g/mol. The maximum Gasteiger partial charge on any atom is 0.246 e. The summed E-state index contributed by atoms with van der Waals surface area (Å²) in [6.07, 6.45) is 9.26. The van der Waals surface area contributed by atoms with Crippen LogP contribution in [-0.2, 0) is 14.3 Å². The summed E-state index contributed by atoms with van der Waals surface area (Å²) < 4.78 is 5.84. The first-order valence-electron chi connectivity index (χ1n) is 12.1. The Hall–Kier alpha value is -0.910. The number of carbonyl (C=O) groups excluding carboxylic acids is 2. The highest BCUT2D eigenvalue weighted by Gasteiger charge is 2.11. The second-order valence-corrected chi connectivity index (χ2v) is 8.80. The van der Waals surface area contributed by atoms with Crippen LogP contribution in [-0.4, -0.2) is 88.9 Å². The number of hydrogen-bond acceptors (Lipinski definition) is 8. The maximum absolute atomic E-state index is 12.1. The lowest BCUT2D eigenvalue weighted by Crippen LogP contribution is -2.37. The van der Waals surface area contributed by atoms with E-state index in [1.165, 1.54) is 0 Å². The molecule has 1 unspecified atom stereocenters. The molecule has 10 heteroatoms. The lowest BCUT2D eigenvalue weighted by molar-refractivity contribution is -0.127. The Morgan fingerprint density at radius 1 is 0.818 bits per heavy atom. The molecule has 9 nitrogen and oxygen atoms in total. The van der Waals surface area contributed by atoms with Crippen LogP contribution in [0.5, 0.6) is 0 Å². The number of ether oxygens (including phenoxy) is 1. The number of nitrogens with two attached hydrogens (primary N) is 2. The summed E-state index contributed by atoms with van der Waals surface area (Å²) in [5.41, 5.74) is 11.0. The van der Waals surface area contributed by atoms with E-state index in [0.29, 0.717) is 32.6 Å². The highest BCUT2D eigenvalue weighted by atomic mass is 32.2. The summed E-state index contributed by atoms with van der Waals surface area (Å²) in [5.74, 6) is 0.923. The maximum atomic E-state index is 12.1. The van der Waals surface area contributed by atoms with Crippen LogP contribution in [0.25, 0.3) is 0 Å². The third-order valence-electron chi connectivity index (χ3n) is 4.86. The van der Waals surface area contributed by atoms with E-state index in [9.17, 15) is 9.59 Å². The van der Waals surface area contributed by atoms with E-state index in [1.807, 2.05) is 6.26 Å². The molecule has 0 aliphatic heterocycles. The van der Waals surface area contributed by atoms with Crippen molar-refractivity contribution in [2.24, 2.45) is 11.5 Å². The van der Waals surface area contributed by atoms with Crippen LogP contribution in [0.3, 0.4) is 0 Å². The monoisotopic (exact) mass is 492 g/mol. The second kappa shape index (κ2) is 27.3. The molecule has 0 spiro atoms. The number of hydrogen-bond donors (Lipinski definition) is 6. The molecule has 0 aromatic rings. The van der Waals surface area contributed by atoms with Gasteiger partial charge in [-0.2, -0.15) is 11.8 Å². The summed E-state index contributed by atoms with van der Waals surface area (Å²) >= 11 is 1.68. The van der Waals surface area contributed by atoms with E-state index in [2.05, 4.69) is 21.3 Å². The quantitative estimate of drug-likeness (QED) is 0.109. The van der Waals surface area contributed by atoms with Gasteiger partial charge in [0.05, 0.1) is 6.10 Å². The Morgan fingerprint density at radius 2 is 1.42 bits per heavy atom. The first-order valence-corrected chi connectivity index (χ1v) is 13.5. The van der Waals surface area contributed by atoms with Crippen LogP contribution in [0.2, 0.25) is 0 Å². The minimum absolute atomic E-state index is 0. The number of amides is 2. The summed E-state index contributed by atoms with van der Waals surface area (Å²) in [5, 5.41) is 12.6. The number of unbranched alkanes of at least 4 members (excludes halogenated alkanes) is 3.